The SMILES string of the molecule is C=C(N=C(ON)c1ccc(-c2ccccc2C)c(COC)c1)c1ccc(CN(C)CC(=O)O)nc1. The van der Waals surface area contributed by atoms with E-state index >= 15 is 0 Å². The molecule has 0 bridgehead atoms. The van der Waals surface area contributed by atoms with E-state index in [2.05, 4.69) is 35.6 Å². The van der Waals surface area contributed by atoms with Crippen molar-refractivity contribution in [2.24, 2.45) is 10.9 Å². The second-order valence-electron chi connectivity index (χ2n) is 8.21. The van der Waals surface area contributed by atoms with Crippen molar-refractivity contribution in [2.75, 3.05) is 20.7 Å². The summed E-state index contributed by atoms with van der Waals surface area (Å²) >= 11 is 0. The minimum Gasteiger partial charge on any atom is -0.480 e. The molecule has 8 heteroatoms. The Morgan fingerprint density at radius 2 is 1.89 bits per heavy atom. The van der Waals surface area contributed by atoms with Crippen LogP contribution in [0, 0.1) is 6.92 Å². The number of nitrogens with two attached hydrogens (primary N) is 1. The minimum absolute atomic E-state index is 0.0642. The van der Waals surface area contributed by atoms with E-state index in [4.69, 9.17) is 20.6 Å². The monoisotopic (exact) mass is 474 g/mol. The van der Waals surface area contributed by atoms with Crippen molar-refractivity contribution >= 4 is 17.6 Å². The number of carboxylic acid groups (broad SMARTS) is 1. The van der Waals surface area contributed by atoms with E-state index in [9.17, 15) is 4.79 Å². The number of aliphatic imine (C=N–C) groups is 1. The molecule has 1 aromatic heterocycles. The van der Waals surface area contributed by atoms with Gasteiger partial charge in [0.15, 0.2) is 0 Å². The fourth-order valence-electron chi connectivity index (χ4n) is 3.74. The van der Waals surface area contributed by atoms with Crippen molar-refractivity contribution in [1.29, 1.82) is 0 Å². The zero-order valence-electron chi connectivity index (χ0n) is 20.2. The second-order valence-corrected chi connectivity index (χ2v) is 8.21. The number of aryl methyl sites for hydroxylation is 1. The molecule has 0 atom stereocenters. The molecule has 3 rings (SSSR count). The number of carboxylic acids is 1. The van der Waals surface area contributed by atoms with Crippen LogP contribution >= 0.6 is 0 Å². The minimum atomic E-state index is -0.887. The topological polar surface area (TPSA) is 110 Å². The van der Waals surface area contributed by atoms with E-state index in [1.807, 2.05) is 42.5 Å². The third-order valence-electron chi connectivity index (χ3n) is 5.43. The fraction of sp³-hybridized carbons (Fsp3) is 0.222. The molecule has 182 valence electrons. The lowest BCUT2D eigenvalue weighted by Crippen LogP contribution is -2.25. The van der Waals surface area contributed by atoms with Gasteiger partial charge in [-0.15, -0.1) is 0 Å². The van der Waals surface area contributed by atoms with Crippen LogP contribution in [0.3, 0.4) is 0 Å². The van der Waals surface area contributed by atoms with Crippen LogP contribution in [0.25, 0.3) is 16.8 Å². The molecular weight excluding hydrogens is 444 g/mol. The first-order chi connectivity index (χ1) is 16.8. The van der Waals surface area contributed by atoms with Crippen LogP contribution in [0.15, 0.2) is 72.4 Å². The van der Waals surface area contributed by atoms with Crippen molar-refractivity contribution in [3.63, 3.8) is 0 Å². The highest BCUT2D eigenvalue weighted by Crippen LogP contribution is 2.29. The van der Waals surface area contributed by atoms with Gasteiger partial charge in [0, 0.05) is 31.0 Å². The second kappa shape index (κ2) is 12.0. The van der Waals surface area contributed by atoms with Crippen LogP contribution in [0.1, 0.15) is 27.9 Å². The van der Waals surface area contributed by atoms with Gasteiger partial charge in [-0.2, -0.15) is 5.90 Å². The smallest absolute Gasteiger partial charge is 0.317 e. The maximum absolute atomic E-state index is 10.8. The number of ether oxygens (including phenoxy) is 1. The van der Waals surface area contributed by atoms with Gasteiger partial charge in [-0.25, -0.2) is 4.99 Å². The van der Waals surface area contributed by atoms with Gasteiger partial charge in [-0.1, -0.05) is 36.9 Å². The molecule has 0 unspecified atom stereocenters. The van der Waals surface area contributed by atoms with Gasteiger partial charge in [-0.3, -0.25) is 14.7 Å². The van der Waals surface area contributed by atoms with Gasteiger partial charge in [0.05, 0.1) is 24.5 Å². The highest BCUT2D eigenvalue weighted by Gasteiger charge is 2.13. The maximum atomic E-state index is 10.8. The third-order valence-corrected chi connectivity index (χ3v) is 5.43. The number of aromatic nitrogens is 1. The van der Waals surface area contributed by atoms with Crippen LogP contribution in [0.4, 0.5) is 0 Å². The largest absolute Gasteiger partial charge is 0.480 e. The molecule has 0 aliphatic rings. The Labute approximate surface area is 205 Å². The number of aliphatic carboxylic acids is 1. The number of pyridine rings is 1. The summed E-state index contributed by atoms with van der Waals surface area (Å²) in [6.07, 6.45) is 1.64. The standard InChI is InChI=1S/C27H30N4O4/c1-18-7-5-6-8-24(18)25-12-10-20(13-22(25)17-34-4)27(35-28)30-19(2)21-9-11-23(29-14-21)15-31(3)16-26(32)33/h5-14H,2,15-17,28H2,1,3-4H3,(H,32,33). The molecular formula is C27H30N4O4. The van der Waals surface area contributed by atoms with Crippen molar-refractivity contribution < 1.29 is 19.5 Å². The molecule has 2 aromatic carbocycles. The molecule has 35 heavy (non-hydrogen) atoms. The van der Waals surface area contributed by atoms with Crippen molar-refractivity contribution in [2.45, 2.75) is 20.1 Å². The van der Waals surface area contributed by atoms with Crippen molar-refractivity contribution in [3.05, 3.63) is 95.3 Å². The summed E-state index contributed by atoms with van der Waals surface area (Å²) < 4.78 is 5.43. The number of rotatable bonds is 10. The zero-order chi connectivity index (χ0) is 25.4. The van der Waals surface area contributed by atoms with Gasteiger partial charge in [0.1, 0.15) is 0 Å². The van der Waals surface area contributed by atoms with Crippen molar-refractivity contribution in [1.82, 2.24) is 9.88 Å². The number of likely N-dealkylation sites (N-methyl/N-ethyl adjacent to an activating group) is 1. The van der Waals surface area contributed by atoms with E-state index in [1.165, 1.54) is 5.56 Å². The Morgan fingerprint density at radius 1 is 1.14 bits per heavy atom. The van der Waals surface area contributed by atoms with Crippen LogP contribution in [-0.4, -0.2) is 47.6 Å². The summed E-state index contributed by atoms with van der Waals surface area (Å²) in [5.41, 5.74) is 6.89. The predicted molar refractivity (Wildman–Crippen MR) is 136 cm³/mol. The van der Waals surface area contributed by atoms with Gasteiger partial charge in [0.25, 0.3) is 0 Å². The Balaban J connectivity index is 1.84. The predicted octanol–water partition coefficient (Wildman–Crippen LogP) is 4.03. The van der Waals surface area contributed by atoms with E-state index < -0.39 is 5.97 Å². The molecule has 0 aliphatic carbocycles. The number of nitrogens with zero attached hydrogens (tertiary/aromatic N) is 3. The quantitative estimate of drug-likeness (QED) is 0.259. The lowest BCUT2D eigenvalue weighted by Gasteiger charge is -2.14. The van der Waals surface area contributed by atoms with E-state index in [1.54, 1.807) is 25.3 Å². The molecule has 0 saturated carbocycles. The Hall–Kier alpha value is -3.85. The van der Waals surface area contributed by atoms with Gasteiger partial charge < -0.3 is 14.7 Å². The maximum Gasteiger partial charge on any atom is 0.317 e. The average Bonchev–Trinajstić information content (AvgIpc) is 2.83. The molecule has 8 nitrogen and oxygen atoms in total. The van der Waals surface area contributed by atoms with Crippen LogP contribution in [0.5, 0.6) is 0 Å². The first-order valence-corrected chi connectivity index (χ1v) is 11.0. The number of benzene rings is 2. The number of hydrogen-bond acceptors (Lipinski definition) is 7. The van der Waals surface area contributed by atoms with Crippen LogP contribution in [-0.2, 0) is 27.5 Å². The molecule has 0 spiro atoms. The highest BCUT2D eigenvalue weighted by molar-refractivity contribution is 5.98. The highest BCUT2D eigenvalue weighted by atomic mass is 16.6. The first-order valence-electron chi connectivity index (χ1n) is 11.0. The molecule has 0 amide bonds. The molecule has 0 fully saturated rings. The van der Waals surface area contributed by atoms with Crippen LogP contribution in [0.2, 0.25) is 0 Å². The van der Waals surface area contributed by atoms with E-state index in [0.29, 0.717) is 30.0 Å². The molecule has 3 N–H and O–H groups in total. The first kappa shape index (κ1) is 25.8. The summed E-state index contributed by atoms with van der Waals surface area (Å²) in [6.45, 7) is 6.86. The molecule has 0 saturated heterocycles. The molecule has 0 radical (unpaired) electrons. The third kappa shape index (κ3) is 6.83. The Morgan fingerprint density at radius 3 is 2.51 bits per heavy atom. The summed E-state index contributed by atoms with van der Waals surface area (Å²) in [5, 5.41) is 8.89. The summed E-state index contributed by atoms with van der Waals surface area (Å²) in [6, 6.07) is 17.7. The van der Waals surface area contributed by atoms with E-state index in [-0.39, 0.29) is 12.4 Å². The van der Waals surface area contributed by atoms with Gasteiger partial charge in [-0.05, 0) is 60.5 Å². The fourth-order valence-corrected chi connectivity index (χ4v) is 3.74. The zero-order valence-corrected chi connectivity index (χ0v) is 20.2. The molecule has 1 heterocycles. The normalized spacial score (nSPS) is 11.5. The molecule has 3 aromatic rings. The summed E-state index contributed by atoms with van der Waals surface area (Å²) in [4.78, 5) is 26.5. The number of carbonyl (C=O) groups is 1. The molecule has 0 aliphatic heterocycles. The van der Waals surface area contributed by atoms with Gasteiger partial charge >= 0.3 is 5.97 Å². The summed E-state index contributed by atoms with van der Waals surface area (Å²) in [7, 11) is 3.38. The summed E-state index contributed by atoms with van der Waals surface area (Å²) in [5.74, 6) is 4.90. The van der Waals surface area contributed by atoms with Crippen molar-refractivity contribution in [3.8, 4) is 11.1 Å². The van der Waals surface area contributed by atoms with Gasteiger partial charge in [0.2, 0.25) is 5.90 Å². The number of methoxy groups -OCH3 is 1. The lowest BCUT2D eigenvalue weighted by atomic mass is 9.94. The lowest BCUT2D eigenvalue weighted by molar-refractivity contribution is -0.138. The Kier molecular flexibility index (Phi) is 8.86. The average molecular weight is 475 g/mol. The Bertz CT molecular complexity index is 1220. The van der Waals surface area contributed by atoms with E-state index in [0.717, 1.165) is 22.4 Å². The number of hydrogen-bond donors (Lipinski definition) is 2. The van der Waals surface area contributed by atoms with Crippen LogP contribution < -0.4 is 5.90 Å².